The molecule has 0 spiro atoms. The van der Waals surface area contributed by atoms with Crippen LogP contribution in [0.5, 0.6) is 0 Å². The van der Waals surface area contributed by atoms with Gasteiger partial charge in [0.25, 0.3) is 0 Å². The van der Waals surface area contributed by atoms with Crippen molar-refractivity contribution in [3.63, 3.8) is 0 Å². The van der Waals surface area contributed by atoms with Gasteiger partial charge < -0.3 is 9.73 Å². The molecule has 1 N–H and O–H groups in total. The maximum Gasteiger partial charge on any atom is 0.247 e. The number of carbonyl (C=O) groups excluding carboxylic acids is 1. The minimum absolute atomic E-state index is 0.0524. The molecule has 128 valence electrons. The zero-order chi connectivity index (χ0) is 17.6. The first-order chi connectivity index (χ1) is 12.2. The molecule has 0 aliphatic heterocycles. The predicted molar refractivity (Wildman–Crippen MR) is 97.2 cm³/mol. The molecule has 0 saturated carbocycles. The predicted octanol–water partition coefficient (Wildman–Crippen LogP) is 4.18. The second-order valence-electron chi connectivity index (χ2n) is 5.88. The van der Waals surface area contributed by atoms with Gasteiger partial charge in [-0.25, -0.2) is 0 Å². The number of carbonyl (C=O) groups is 1. The molecule has 1 aromatic heterocycles. The van der Waals surface area contributed by atoms with Crippen LogP contribution in [0.15, 0.2) is 52.9 Å². The molecule has 0 fully saturated rings. The lowest BCUT2D eigenvalue weighted by atomic mass is 10.1. The largest absolute Gasteiger partial charge is 0.421 e. The van der Waals surface area contributed by atoms with Gasteiger partial charge in [-0.1, -0.05) is 43.3 Å². The number of amides is 1. The third kappa shape index (κ3) is 4.12. The fourth-order valence-electron chi connectivity index (χ4n) is 2.68. The summed E-state index contributed by atoms with van der Waals surface area (Å²) in [4.78, 5) is 12.3. The van der Waals surface area contributed by atoms with E-state index in [9.17, 15) is 4.79 Å². The number of hydrogen-bond donors (Lipinski definition) is 1. The molecular weight excluding hydrogens is 314 g/mol. The molecule has 1 heterocycles. The minimum atomic E-state index is -0.0524. The van der Waals surface area contributed by atoms with E-state index < -0.39 is 0 Å². The Hall–Kier alpha value is -2.95. The average Bonchev–Trinajstić information content (AvgIpc) is 3.11. The minimum Gasteiger partial charge on any atom is -0.421 e. The molecule has 25 heavy (non-hydrogen) atoms. The molecule has 0 aliphatic carbocycles. The number of aryl methyl sites for hydroxylation is 3. The maximum absolute atomic E-state index is 12.3. The number of hydrogen-bond acceptors (Lipinski definition) is 4. The third-order valence-electron chi connectivity index (χ3n) is 4.06. The summed E-state index contributed by atoms with van der Waals surface area (Å²) in [6.45, 7) is 4.08. The van der Waals surface area contributed by atoms with Crippen molar-refractivity contribution >= 4 is 11.6 Å². The van der Waals surface area contributed by atoms with Crippen molar-refractivity contribution in [2.24, 2.45) is 0 Å². The molecule has 0 unspecified atom stereocenters. The van der Waals surface area contributed by atoms with E-state index in [1.807, 2.05) is 55.5 Å². The van der Waals surface area contributed by atoms with Gasteiger partial charge in [0.05, 0.1) is 0 Å². The summed E-state index contributed by atoms with van der Waals surface area (Å²) in [5.74, 6) is 0.890. The highest BCUT2D eigenvalue weighted by Crippen LogP contribution is 2.22. The Kier molecular flexibility index (Phi) is 5.23. The normalized spacial score (nSPS) is 10.6. The third-order valence-corrected chi connectivity index (χ3v) is 4.06. The maximum atomic E-state index is 12.3. The molecule has 5 heteroatoms. The lowest BCUT2D eigenvalue weighted by molar-refractivity contribution is -0.116. The number of anilines is 1. The van der Waals surface area contributed by atoms with Gasteiger partial charge in [0, 0.05) is 24.1 Å². The molecule has 5 nitrogen and oxygen atoms in total. The second kappa shape index (κ2) is 7.75. The van der Waals surface area contributed by atoms with Gasteiger partial charge in [-0.05, 0) is 36.6 Å². The molecule has 0 radical (unpaired) electrons. The van der Waals surface area contributed by atoms with E-state index in [0.717, 1.165) is 28.8 Å². The molecule has 0 bridgehead atoms. The Labute approximate surface area is 147 Å². The smallest absolute Gasteiger partial charge is 0.247 e. The highest BCUT2D eigenvalue weighted by atomic mass is 16.4. The Bertz CT molecular complexity index is 856. The van der Waals surface area contributed by atoms with Gasteiger partial charge in [-0.3, -0.25) is 4.79 Å². The molecule has 3 aromatic rings. The van der Waals surface area contributed by atoms with Crippen LogP contribution in [0.3, 0.4) is 0 Å². The Morgan fingerprint density at radius 1 is 1.08 bits per heavy atom. The van der Waals surface area contributed by atoms with Crippen LogP contribution in [0.4, 0.5) is 5.69 Å². The van der Waals surface area contributed by atoms with E-state index in [-0.39, 0.29) is 5.91 Å². The van der Waals surface area contributed by atoms with Gasteiger partial charge in [0.2, 0.25) is 17.7 Å². The monoisotopic (exact) mass is 335 g/mol. The first-order valence-electron chi connectivity index (χ1n) is 8.43. The van der Waals surface area contributed by atoms with Crippen LogP contribution in [0.25, 0.3) is 11.5 Å². The van der Waals surface area contributed by atoms with Crippen molar-refractivity contribution in [2.45, 2.75) is 33.1 Å². The zero-order valence-corrected chi connectivity index (χ0v) is 14.5. The standard InChI is InChI=1S/C20H21N3O2/c1-3-15-11-7-8-14(2)19(15)21-17(24)12-13-18-22-23-20(25-18)16-9-5-4-6-10-16/h4-11H,3,12-13H2,1-2H3,(H,21,24). The number of para-hydroxylation sites is 1. The number of aromatic nitrogens is 2. The van der Waals surface area contributed by atoms with E-state index in [0.29, 0.717) is 24.6 Å². The first kappa shape index (κ1) is 16.9. The van der Waals surface area contributed by atoms with Crippen molar-refractivity contribution in [1.82, 2.24) is 10.2 Å². The number of rotatable bonds is 6. The molecular formula is C20H21N3O2. The van der Waals surface area contributed by atoms with E-state index in [1.165, 1.54) is 0 Å². The highest BCUT2D eigenvalue weighted by Gasteiger charge is 2.12. The number of nitrogens with zero attached hydrogens (tertiary/aromatic N) is 2. The summed E-state index contributed by atoms with van der Waals surface area (Å²) >= 11 is 0. The van der Waals surface area contributed by atoms with Crippen LogP contribution < -0.4 is 5.32 Å². The van der Waals surface area contributed by atoms with E-state index in [4.69, 9.17) is 4.42 Å². The molecule has 0 saturated heterocycles. The molecule has 2 aromatic carbocycles. The fourth-order valence-corrected chi connectivity index (χ4v) is 2.68. The van der Waals surface area contributed by atoms with Crippen LogP contribution in [0, 0.1) is 6.92 Å². The summed E-state index contributed by atoms with van der Waals surface area (Å²) in [6.07, 6.45) is 1.59. The summed E-state index contributed by atoms with van der Waals surface area (Å²) in [5, 5.41) is 11.1. The van der Waals surface area contributed by atoms with Crippen molar-refractivity contribution in [2.75, 3.05) is 5.32 Å². The van der Waals surface area contributed by atoms with Gasteiger partial charge >= 0.3 is 0 Å². The van der Waals surface area contributed by atoms with Gasteiger partial charge in [-0.2, -0.15) is 0 Å². The average molecular weight is 335 g/mol. The van der Waals surface area contributed by atoms with Crippen molar-refractivity contribution < 1.29 is 9.21 Å². The van der Waals surface area contributed by atoms with Gasteiger partial charge in [0.1, 0.15) is 0 Å². The van der Waals surface area contributed by atoms with E-state index in [2.05, 4.69) is 22.4 Å². The first-order valence-corrected chi connectivity index (χ1v) is 8.43. The summed E-state index contributed by atoms with van der Waals surface area (Å²) < 4.78 is 5.64. The van der Waals surface area contributed by atoms with Gasteiger partial charge in [0.15, 0.2) is 0 Å². The second-order valence-corrected chi connectivity index (χ2v) is 5.88. The number of benzene rings is 2. The topological polar surface area (TPSA) is 68.0 Å². The Morgan fingerprint density at radius 3 is 2.64 bits per heavy atom. The SMILES string of the molecule is CCc1cccc(C)c1NC(=O)CCc1nnc(-c2ccccc2)o1. The van der Waals surface area contributed by atoms with Crippen molar-refractivity contribution in [3.05, 3.63) is 65.5 Å². The number of nitrogens with one attached hydrogen (secondary N) is 1. The highest BCUT2D eigenvalue weighted by molar-refractivity contribution is 5.92. The van der Waals surface area contributed by atoms with Crippen LogP contribution in [0.1, 0.15) is 30.4 Å². The van der Waals surface area contributed by atoms with E-state index in [1.54, 1.807) is 0 Å². The molecule has 1 amide bonds. The van der Waals surface area contributed by atoms with Crippen molar-refractivity contribution in [1.29, 1.82) is 0 Å². The zero-order valence-electron chi connectivity index (χ0n) is 14.5. The Balaban J connectivity index is 1.61. The van der Waals surface area contributed by atoms with Gasteiger partial charge in [-0.15, -0.1) is 10.2 Å². The lowest BCUT2D eigenvalue weighted by Gasteiger charge is -2.12. The summed E-state index contributed by atoms with van der Waals surface area (Å²) in [5.41, 5.74) is 3.98. The van der Waals surface area contributed by atoms with Crippen LogP contribution in [-0.2, 0) is 17.6 Å². The van der Waals surface area contributed by atoms with Crippen LogP contribution in [0.2, 0.25) is 0 Å². The molecule has 0 atom stereocenters. The fraction of sp³-hybridized carbons (Fsp3) is 0.250. The summed E-state index contributed by atoms with van der Waals surface area (Å²) in [6, 6.07) is 15.6. The lowest BCUT2D eigenvalue weighted by Crippen LogP contribution is -2.14. The molecule has 3 rings (SSSR count). The van der Waals surface area contributed by atoms with E-state index >= 15 is 0 Å². The quantitative estimate of drug-likeness (QED) is 0.734. The summed E-state index contributed by atoms with van der Waals surface area (Å²) in [7, 11) is 0. The van der Waals surface area contributed by atoms with Crippen LogP contribution in [-0.4, -0.2) is 16.1 Å². The van der Waals surface area contributed by atoms with Crippen molar-refractivity contribution in [3.8, 4) is 11.5 Å². The Morgan fingerprint density at radius 2 is 1.88 bits per heavy atom. The molecule has 0 aliphatic rings. The van der Waals surface area contributed by atoms with Crippen LogP contribution >= 0.6 is 0 Å².